The number of hydrogen-bond acceptors (Lipinski definition) is 4. The van der Waals surface area contributed by atoms with Crippen LogP contribution in [-0.2, 0) is 9.59 Å². The van der Waals surface area contributed by atoms with Crippen molar-refractivity contribution in [3.63, 3.8) is 0 Å². The van der Waals surface area contributed by atoms with Crippen molar-refractivity contribution in [1.82, 2.24) is 4.98 Å². The molecule has 0 aliphatic heterocycles. The van der Waals surface area contributed by atoms with Crippen LogP contribution in [0.25, 0.3) is 20.8 Å². The maximum atomic E-state index is 12.7. The number of aryl methyl sites for hydroxylation is 1. The number of anilines is 1. The van der Waals surface area contributed by atoms with Crippen LogP contribution in [0.3, 0.4) is 0 Å². The maximum Gasteiger partial charge on any atom is 0.307 e. The Bertz CT molecular complexity index is 1110. The normalized spacial score (nSPS) is 19.0. The quantitative estimate of drug-likeness (QED) is 0.579. The highest BCUT2D eigenvalue weighted by Crippen LogP contribution is 2.32. The summed E-state index contributed by atoms with van der Waals surface area (Å²) in [6.07, 6.45) is 3.00. The summed E-state index contributed by atoms with van der Waals surface area (Å²) < 4.78 is 1.15. The van der Waals surface area contributed by atoms with E-state index in [1.807, 2.05) is 37.3 Å². The standard InChI is InChI=1S/C23H22N2O3S/c1-13-3-9-17(23(27)28)18(11-13)21(26)24-16-7-5-15(6-8-16)22-25-19-10-4-14(2)12-20(19)29-22/h4-8,10-12,17-18H,3,9H2,1-2H3,(H,24,26)(H,27,28). The number of fused-ring (bicyclic) bond motifs is 1. The third-order valence-electron chi connectivity index (χ3n) is 5.31. The molecule has 3 aromatic rings. The number of aromatic nitrogens is 1. The van der Waals surface area contributed by atoms with Crippen LogP contribution < -0.4 is 5.32 Å². The summed E-state index contributed by atoms with van der Waals surface area (Å²) in [5.74, 6) is -2.52. The van der Waals surface area contributed by atoms with Crippen molar-refractivity contribution in [3.05, 3.63) is 59.7 Å². The molecule has 0 saturated heterocycles. The molecular weight excluding hydrogens is 384 g/mol. The molecule has 1 aromatic heterocycles. The Morgan fingerprint density at radius 1 is 1.14 bits per heavy atom. The van der Waals surface area contributed by atoms with E-state index in [1.54, 1.807) is 17.4 Å². The van der Waals surface area contributed by atoms with E-state index in [-0.39, 0.29) is 5.91 Å². The van der Waals surface area contributed by atoms with Crippen LogP contribution in [0.1, 0.15) is 25.3 Å². The molecule has 0 radical (unpaired) electrons. The predicted molar refractivity (Wildman–Crippen MR) is 116 cm³/mol. The van der Waals surface area contributed by atoms with Crippen molar-refractivity contribution in [2.24, 2.45) is 11.8 Å². The van der Waals surface area contributed by atoms with Crippen molar-refractivity contribution in [1.29, 1.82) is 0 Å². The first-order valence-corrected chi connectivity index (χ1v) is 10.4. The van der Waals surface area contributed by atoms with Crippen LogP contribution in [-0.4, -0.2) is 22.0 Å². The minimum absolute atomic E-state index is 0.278. The average molecular weight is 407 g/mol. The summed E-state index contributed by atoms with van der Waals surface area (Å²) in [5, 5.41) is 13.2. The summed E-state index contributed by atoms with van der Waals surface area (Å²) >= 11 is 1.64. The van der Waals surface area contributed by atoms with Crippen molar-refractivity contribution < 1.29 is 14.7 Å². The molecule has 0 fully saturated rings. The number of benzene rings is 2. The second-order valence-corrected chi connectivity index (χ2v) is 8.61. The largest absolute Gasteiger partial charge is 0.481 e. The fourth-order valence-corrected chi connectivity index (χ4v) is 4.75. The molecule has 6 heteroatoms. The molecular formula is C23H22N2O3S. The zero-order valence-corrected chi connectivity index (χ0v) is 17.1. The maximum absolute atomic E-state index is 12.7. The van der Waals surface area contributed by atoms with Gasteiger partial charge in [0.05, 0.1) is 22.1 Å². The second kappa shape index (κ2) is 7.79. The highest BCUT2D eigenvalue weighted by atomic mass is 32.1. The third kappa shape index (κ3) is 4.07. The molecule has 1 heterocycles. The number of carbonyl (C=O) groups is 2. The number of carboxylic acids is 1. The number of aliphatic carboxylic acids is 1. The van der Waals surface area contributed by atoms with Gasteiger partial charge >= 0.3 is 5.97 Å². The summed E-state index contributed by atoms with van der Waals surface area (Å²) in [4.78, 5) is 28.9. The van der Waals surface area contributed by atoms with Gasteiger partial charge in [0.25, 0.3) is 0 Å². The van der Waals surface area contributed by atoms with Gasteiger partial charge in [-0.2, -0.15) is 0 Å². The smallest absolute Gasteiger partial charge is 0.307 e. The lowest BCUT2D eigenvalue weighted by molar-refractivity contribution is -0.145. The Morgan fingerprint density at radius 2 is 1.90 bits per heavy atom. The van der Waals surface area contributed by atoms with Crippen LogP contribution >= 0.6 is 11.3 Å². The van der Waals surface area contributed by atoms with Crippen molar-refractivity contribution >= 4 is 39.1 Å². The minimum Gasteiger partial charge on any atom is -0.481 e. The van der Waals surface area contributed by atoms with E-state index < -0.39 is 17.8 Å². The van der Waals surface area contributed by atoms with Crippen molar-refractivity contribution in [2.45, 2.75) is 26.7 Å². The van der Waals surface area contributed by atoms with Crippen LogP contribution in [0.15, 0.2) is 54.1 Å². The lowest BCUT2D eigenvalue weighted by Crippen LogP contribution is -2.34. The minimum atomic E-state index is -0.921. The number of nitrogens with zero attached hydrogens (tertiary/aromatic N) is 1. The first kappa shape index (κ1) is 19.3. The van der Waals surface area contributed by atoms with Gasteiger partial charge in [-0.15, -0.1) is 11.3 Å². The summed E-state index contributed by atoms with van der Waals surface area (Å²) in [5.41, 5.74) is 4.88. The Hall–Kier alpha value is -2.99. The Balaban J connectivity index is 1.52. The van der Waals surface area contributed by atoms with E-state index in [0.717, 1.165) is 32.8 Å². The van der Waals surface area contributed by atoms with Gasteiger partial charge in [-0.1, -0.05) is 17.7 Å². The lowest BCUT2D eigenvalue weighted by Gasteiger charge is -2.25. The van der Waals surface area contributed by atoms with E-state index in [1.165, 1.54) is 5.56 Å². The van der Waals surface area contributed by atoms with E-state index >= 15 is 0 Å². The van der Waals surface area contributed by atoms with Gasteiger partial charge in [-0.25, -0.2) is 4.98 Å². The monoisotopic (exact) mass is 406 g/mol. The van der Waals surface area contributed by atoms with Crippen LogP contribution in [0.2, 0.25) is 0 Å². The zero-order valence-electron chi connectivity index (χ0n) is 16.3. The fraction of sp³-hybridized carbons (Fsp3) is 0.261. The molecule has 2 unspecified atom stereocenters. The summed E-state index contributed by atoms with van der Waals surface area (Å²) in [7, 11) is 0. The Morgan fingerprint density at radius 3 is 2.62 bits per heavy atom. The van der Waals surface area contributed by atoms with E-state index in [4.69, 9.17) is 0 Å². The van der Waals surface area contributed by atoms with Crippen LogP contribution in [0, 0.1) is 18.8 Å². The fourth-order valence-electron chi connectivity index (χ4n) is 3.68. The number of carboxylic acid groups (broad SMARTS) is 1. The molecule has 1 aliphatic rings. The van der Waals surface area contributed by atoms with Gasteiger partial charge < -0.3 is 10.4 Å². The van der Waals surface area contributed by atoms with Crippen molar-refractivity contribution in [3.8, 4) is 10.6 Å². The lowest BCUT2D eigenvalue weighted by atomic mass is 9.80. The first-order chi connectivity index (χ1) is 13.9. The van der Waals surface area contributed by atoms with Gasteiger partial charge in [0, 0.05) is 11.3 Å². The van der Waals surface area contributed by atoms with E-state index in [2.05, 4.69) is 29.4 Å². The van der Waals surface area contributed by atoms with Crippen LogP contribution in [0.4, 0.5) is 5.69 Å². The van der Waals surface area contributed by atoms with E-state index in [0.29, 0.717) is 12.1 Å². The number of thiazole rings is 1. The number of carbonyl (C=O) groups excluding carboxylic acids is 1. The molecule has 29 heavy (non-hydrogen) atoms. The van der Waals surface area contributed by atoms with Gasteiger partial charge in [0.1, 0.15) is 5.01 Å². The molecule has 2 N–H and O–H groups in total. The van der Waals surface area contributed by atoms with Crippen molar-refractivity contribution in [2.75, 3.05) is 5.32 Å². The molecule has 5 nitrogen and oxygen atoms in total. The second-order valence-electron chi connectivity index (χ2n) is 7.58. The van der Waals surface area contributed by atoms with E-state index in [9.17, 15) is 14.7 Å². The topological polar surface area (TPSA) is 79.3 Å². The summed E-state index contributed by atoms with van der Waals surface area (Å²) in [6.45, 7) is 4.00. The van der Waals surface area contributed by atoms with Gasteiger partial charge in [-0.05, 0) is 68.7 Å². The molecule has 0 bridgehead atoms. The molecule has 148 valence electrons. The number of amides is 1. The first-order valence-electron chi connectivity index (χ1n) is 9.59. The SMILES string of the molecule is CC1=CC(C(=O)Nc2ccc(-c3nc4ccc(C)cc4s3)cc2)C(C(=O)O)CC1. The number of hydrogen-bond donors (Lipinski definition) is 2. The number of allylic oxidation sites excluding steroid dienone is 1. The van der Waals surface area contributed by atoms with Gasteiger partial charge in [-0.3, -0.25) is 9.59 Å². The zero-order chi connectivity index (χ0) is 20.5. The van der Waals surface area contributed by atoms with Gasteiger partial charge in [0.15, 0.2) is 0 Å². The number of nitrogens with one attached hydrogen (secondary N) is 1. The molecule has 0 spiro atoms. The third-order valence-corrected chi connectivity index (χ3v) is 6.38. The molecule has 1 aliphatic carbocycles. The highest BCUT2D eigenvalue weighted by Gasteiger charge is 2.34. The average Bonchev–Trinajstić information content (AvgIpc) is 3.11. The predicted octanol–water partition coefficient (Wildman–Crippen LogP) is 5.27. The molecule has 2 aromatic carbocycles. The Kier molecular flexibility index (Phi) is 5.20. The highest BCUT2D eigenvalue weighted by molar-refractivity contribution is 7.21. The molecule has 1 amide bonds. The molecule has 0 saturated carbocycles. The number of rotatable bonds is 4. The molecule has 4 rings (SSSR count). The molecule has 2 atom stereocenters. The summed E-state index contributed by atoms with van der Waals surface area (Å²) in [6, 6.07) is 13.7. The van der Waals surface area contributed by atoms with Crippen LogP contribution in [0.5, 0.6) is 0 Å². The van der Waals surface area contributed by atoms with Gasteiger partial charge in [0.2, 0.25) is 5.91 Å². The Labute approximate surface area is 173 Å².